The van der Waals surface area contributed by atoms with Crippen molar-refractivity contribution >= 4 is 5.69 Å². The molecule has 0 aliphatic carbocycles. The Bertz CT molecular complexity index is 454. The Morgan fingerprint density at radius 3 is 2.65 bits per heavy atom. The van der Waals surface area contributed by atoms with Crippen LogP contribution in [-0.4, -0.2) is 11.5 Å². The van der Waals surface area contributed by atoms with Crippen molar-refractivity contribution in [3.63, 3.8) is 0 Å². The SMILES string of the molecule is Nc1ccccc1CNCCc1ccccn1. The highest BCUT2D eigenvalue weighted by atomic mass is 14.9. The molecule has 0 atom stereocenters. The summed E-state index contributed by atoms with van der Waals surface area (Å²) in [6.07, 6.45) is 2.76. The number of nitrogens with zero attached hydrogens (tertiary/aromatic N) is 1. The van der Waals surface area contributed by atoms with Gasteiger partial charge in [-0.3, -0.25) is 4.98 Å². The van der Waals surface area contributed by atoms with Crippen LogP contribution < -0.4 is 11.1 Å². The van der Waals surface area contributed by atoms with Gasteiger partial charge < -0.3 is 11.1 Å². The summed E-state index contributed by atoms with van der Waals surface area (Å²) in [5.74, 6) is 0. The molecule has 3 nitrogen and oxygen atoms in total. The lowest BCUT2D eigenvalue weighted by atomic mass is 10.2. The maximum atomic E-state index is 5.86. The van der Waals surface area contributed by atoms with Crippen molar-refractivity contribution in [2.24, 2.45) is 0 Å². The number of nitrogens with two attached hydrogens (primary N) is 1. The van der Waals surface area contributed by atoms with Crippen LogP contribution in [0.25, 0.3) is 0 Å². The molecule has 1 aromatic heterocycles. The second-order valence-corrected chi connectivity index (χ2v) is 3.95. The molecule has 0 saturated carbocycles. The monoisotopic (exact) mass is 227 g/mol. The van der Waals surface area contributed by atoms with E-state index in [1.54, 1.807) is 0 Å². The van der Waals surface area contributed by atoms with E-state index in [1.807, 2.05) is 48.7 Å². The number of aromatic nitrogens is 1. The summed E-state index contributed by atoms with van der Waals surface area (Å²) in [4.78, 5) is 4.28. The molecule has 0 saturated heterocycles. The Morgan fingerprint density at radius 2 is 1.88 bits per heavy atom. The van der Waals surface area contributed by atoms with Gasteiger partial charge in [0.2, 0.25) is 0 Å². The van der Waals surface area contributed by atoms with Crippen LogP contribution in [0.5, 0.6) is 0 Å². The van der Waals surface area contributed by atoms with Crippen molar-refractivity contribution in [3.05, 3.63) is 59.9 Å². The van der Waals surface area contributed by atoms with Gasteiger partial charge in [0.05, 0.1) is 0 Å². The number of anilines is 1. The number of hydrogen-bond donors (Lipinski definition) is 2. The van der Waals surface area contributed by atoms with Crippen LogP contribution >= 0.6 is 0 Å². The van der Waals surface area contributed by atoms with Gasteiger partial charge in [-0.25, -0.2) is 0 Å². The summed E-state index contributed by atoms with van der Waals surface area (Å²) in [7, 11) is 0. The molecule has 1 heterocycles. The third-order valence-corrected chi connectivity index (χ3v) is 2.65. The predicted octanol–water partition coefficient (Wildman–Crippen LogP) is 2.00. The summed E-state index contributed by atoms with van der Waals surface area (Å²) in [5, 5.41) is 3.37. The van der Waals surface area contributed by atoms with Gasteiger partial charge in [-0.2, -0.15) is 0 Å². The molecule has 0 amide bonds. The number of benzene rings is 1. The average Bonchev–Trinajstić information content (AvgIpc) is 2.38. The highest BCUT2D eigenvalue weighted by molar-refractivity contribution is 5.46. The van der Waals surface area contributed by atoms with Gasteiger partial charge in [-0.05, 0) is 23.8 Å². The van der Waals surface area contributed by atoms with Gasteiger partial charge in [0.1, 0.15) is 0 Å². The largest absolute Gasteiger partial charge is 0.398 e. The second kappa shape index (κ2) is 6.01. The van der Waals surface area contributed by atoms with Crippen molar-refractivity contribution < 1.29 is 0 Å². The first-order valence-corrected chi connectivity index (χ1v) is 5.80. The van der Waals surface area contributed by atoms with E-state index in [1.165, 1.54) is 0 Å². The molecule has 0 spiro atoms. The smallest absolute Gasteiger partial charge is 0.0416 e. The van der Waals surface area contributed by atoms with E-state index in [0.717, 1.165) is 36.5 Å². The molecule has 2 rings (SSSR count). The Hall–Kier alpha value is -1.87. The van der Waals surface area contributed by atoms with E-state index < -0.39 is 0 Å². The van der Waals surface area contributed by atoms with Gasteiger partial charge in [-0.15, -0.1) is 0 Å². The van der Waals surface area contributed by atoms with E-state index in [2.05, 4.69) is 10.3 Å². The minimum atomic E-state index is 0.805. The van der Waals surface area contributed by atoms with E-state index >= 15 is 0 Å². The van der Waals surface area contributed by atoms with Crippen LogP contribution in [0.4, 0.5) is 5.69 Å². The molecule has 0 fully saturated rings. The minimum absolute atomic E-state index is 0.805. The quantitative estimate of drug-likeness (QED) is 0.606. The number of rotatable bonds is 5. The number of nitrogen functional groups attached to an aromatic ring is 1. The lowest BCUT2D eigenvalue weighted by molar-refractivity contribution is 0.681. The Morgan fingerprint density at radius 1 is 1.06 bits per heavy atom. The summed E-state index contributed by atoms with van der Waals surface area (Å²) in [5.41, 5.74) is 8.97. The van der Waals surface area contributed by atoms with Crippen molar-refractivity contribution in [1.82, 2.24) is 10.3 Å². The van der Waals surface area contributed by atoms with Crippen LogP contribution in [0.1, 0.15) is 11.3 Å². The number of para-hydroxylation sites is 1. The summed E-state index contributed by atoms with van der Waals surface area (Å²) >= 11 is 0. The Kier molecular flexibility index (Phi) is 4.11. The molecule has 3 N–H and O–H groups in total. The van der Waals surface area contributed by atoms with E-state index in [0.29, 0.717) is 0 Å². The molecule has 88 valence electrons. The molecule has 1 aromatic carbocycles. The maximum Gasteiger partial charge on any atom is 0.0416 e. The molecular weight excluding hydrogens is 210 g/mol. The van der Waals surface area contributed by atoms with Crippen LogP contribution in [-0.2, 0) is 13.0 Å². The van der Waals surface area contributed by atoms with Gasteiger partial charge in [0, 0.05) is 37.1 Å². The maximum absolute atomic E-state index is 5.86. The van der Waals surface area contributed by atoms with Gasteiger partial charge in [0.25, 0.3) is 0 Å². The summed E-state index contributed by atoms with van der Waals surface area (Å²) in [6.45, 7) is 1.71. The molecule has 0 aliphatic rings. The van der Waals surface area contributed by atoms with Gasteiger partial charge in [-0.1, -0.05) is 24.3 Å². The fourth-order valence-corrected chi connectivity index (χ4v) is 1.68. The molecule has 0 bridgehead atoms. The van der Waals surface area contributed by atoms with Crippen LogP contribution in [0, 0.1) is 0 Å². The first-order chi connectivity index (χ1) is 8.36. The summed E-state index contributed by atoms with van der Waals surface area (Å²) < 4.78 is 0. The zero-order valence-electron chi connectivity index (χ0n) is 9.76. The molecule has 0 unspecified atom stereocenters. The molecule has 2 aromatic rings. The second-order valence-electron chi connectivity index (χ2n) is 3.95. The van der Waals surface area contributed by atoms with Crippen molar-refractivity contribution in [2.45, 2.75) is 13.0 Å². The third kappa shape index (κ3) is 3.57. The zero-order valence-corrected chi connectivity index (χ0v) is 9.76. The number of hydrogen-bond acceptors (Lipinski definition) is 3. The zero-order chi connectivity index (χ0) is 11.9. The third-order valence-electron chi connectivity index (χ3n) is 2.65. The standard InChI is InChI=1S/C14H17N3/c15-14-7-2-1-5-12(14)11-16-10-8-13-6-3-4-9-17-13/h1-7,9,16H,8,10-11,15H2. The first kappa shape index (κ1) is 11.6. The highest BCUT2D eigenvalue weighted by Crippen LogP contribution is 2.09. The molecule has 3 heteroatoms. The Labute approximate surface area is 102 Å². The van der Waals surface area contributed by atoms with Crippen LogP contribution in [0.2, 0.25) is 0 Å². The van der Waals surface area contributed by atoms with E-state index in [4.69, 9.17) is 5.73 Å². The molecule has 0 aliphatic heterocycles. The molecular formula is C14H17N3. The number of nitrogens with one attached hydrogen (secondary N) is 1. The topological polar surface area (TPSA) is 50.9 Å². The molecule has 0 radical (unpaired) electrons. The average molecular weight is 227 g/mol. The first-order valence-electron chi connectivity index (χ1n) is 5.80. The van der Waals surface area contributed by atoms with Crippen LogP contribution in [0.3, 0.4) is 0 Å². The Balaban J connectivity index is 1.76. The predicted molar refractivity (Wildman–Crippen MR) is 70.5 cm³/mol. The van der Waals surface area contributed by atoms with E-state index in [9.17, 15) is 0 Å². The van der Waals surface area contributed by atoms with Crippen molar-refractivity contribution in [2.75, 3.05) is 12.3 Å². The normalized spacial score (nSPS) is 10.4. The van der Waals surface area contributed by atoms with Crippen molar-refractivity contribution in [1.29, 1.82) is 0 Å². The lowest BCUT2D eigenvalue weighted by Gasteiger charge is -2.07. The van der Waals surface area contributed by atoms with Gasteiger partial charge in [0.15, 0.2) is 0 Å². The lowest BCUT2D eigenvalue weighted by Crippen LogP contribution is -2.17. The minimum Gasteiger partial charge on any atom is -0.398 e. The van der Waals surface area contributed by atoms with Gasteiger partial charge >= 0.3 is 0 Å². The number of pyridine rings is 1. The fraction of sp³-hybridized carbons (Fsp3) is 0.214. The van der Waals surface area contributed by atoms with Crippen molar-refractivity contribution in [3.8, 4) is 0 Å². The molecule has 17 heavy (non-hydrogen) atoms. The highest BCUT2D eigenvalue weighted by Gasteiger charge is 1.97. The van der Waals surface area contributed by atoms with Crippen LogP contribution in [0.15, 0.2) is 48.7 Å². The summed E-state index contributed by atoms with van der Waals surface area (Å²) in [6, 6.07) is 13.9. The van der Waals surface area contributed by atoms with E-state index in [-0.39, 0.29) is 0 Å². The fourth-order valence-electron chi connectivity index (χ4n) is 1.68.